The molecule has 0 radical (unpaired) electrons. The molecular formula is C14H14ClN3. The van der Waals surface area contributed by atoms with Crippen LogP contribution in [0.25, 0.3) is 0 Å². The number of nitrogens with one attached hydrogen (secondary N) is 1. The Hall–Kier alpha value is -2.00. The van der Waals surface area contributed by atoms with E-state index < -0.39 is 0 Å². The molecular weight excluding hydrogens is 246 g/mol. The molecule has 0 unspecified atom stereocenters. The number of hydrogen-bond acceptors (Lipinski definition) is 1. The Balaban J connectivity index is 2.00. The molecule has 0 saturated heterocycles. The van der Waals surface area contributed by atoms with E-state index in [0.29, 0.717) is 17.5 Å². The molecule has 92 valence electrons. The Morgan fingerprint density at radius 2 is 1.72 bits per heavy atom. The molecule has 0 saturated carbocycles. The lowest BCUT2D eigenvalue weighted by Crippen LogP contribution is -2.22. The van der Waals surface area contributed by atoms with Gasteiger partial charge in [0.2, 0.25) is 0 Å². The smallest absolute Gasteiger partial charge is 0.193 e. The van der Waals surface area contributed by atoms with Crippen molar-refractivity contribution in [2.45, 2.75) is 6.54 Å². The van der Waals surface area contributed by atoms with Gasteiger partial charge in [-0.15, -0.1) is 0 Å². The fraction of sp³-hybridized carbons (Fsp3) is 0.0714. The summed E-state index contributed by atoms with van der Waals surface area (Å²) in [5.74, 6) is 0.376. The van der Waals surface area contributed by atoms with Gasteiger partial charge >= 0.3 is 0 Å². The fourth-order valence-corrected chi connectivity index (χ4v) is 1.70. The van der Waals surface area contributed by atoms with Crippen LogP contribution in [0.15, 0.2) is 59.6 Å². The van der Waals surface area contributed by atoms with Gasteiger partial charge in [0.05, 0.1) is 6.54 Å². The first-order chi connectivity index (χ1) is 8.75. The topological polar surface area (TPSA) is 50.4 Å². The minimum Gasteiger partial charge on any atom is -0.370 e. The van der Waals surface area contributed by atoms with Crippen LogP contribution in [0.2, 0.25) is 5.02 Å². The van der Waals surface area contributed by atoms with Crippen LogP contribution in [0.4, 0.5) is 5.69 Å². The number of rotatable bonds is 3. The van der Waals surface area contributed by atoms with Crippen molar-refractivity contribution in [3.8, 4) is 0 Å². The number of guanidine groups is 1. The van der Waals surface area contributed by atoms with Crippen molar-refractivity contribution in [2.75, 3.05) is 5.32 Å². The Morgan fingerprint density at radius 3 is 2.44 bits per heavy atom. The van der Waals surface area contributed by atoms with Gasteiger partial charge in [-0.25, -0.2) is 4.99 Å². The second-order valence-corrected chi connectivity index (χ2v) is 4.19. The molecule has 0 aliphatic rings. The van der Waals surface area contributed by atoms with E-state index in [2.05, 4.69) is 10.3 Å². The molecule has 0 aliphatic heterocycles. The predicted molar refractivity (Wildman–Crippen MR) is 76.8 cm³/mol. The molecule has 0 fully saturated rings. The lowest BCUT2D eigenvalue weighted by molar-refractivity contribution is 1.06. The number of para-hydroxylation sites is 1. The van der Waals surface area contributed by atoms with E-state index in [9.17, 15) is 0 Å². The molecule has 18 heavy (non-hydrogen) atoms. The largest absolute Gasteiger partial charge is 0.370 e. The number of nitrogens with zero attached hydrogens (tertiary/aromatic N) is 1. The lowest BCUT2D eigenvalue weighted by Gasteiger charge is -2.05. The van der Waals surface area contributed by atoms with Crippen LogP contribution < -0.4 is 11.1 Å². The van der Waals surface area contributed by atoms with Crippen molar-refractivity contribution in [3.63, 3.8) is 0 Å². The monoisotopic (exact) mass is 259 g/mol. The average molecular weight is 260 g/mol. The van der Waals surface area contributed by atoms with Crippen molar-refractivity contribution in [2.24, 2.45) is 10.7 Å². The molecule has 2 aromatic rings. The number of benzene rings is 2. The van der Waals surface area contributed by atoms with E-state index >= 15 is 0 Å². The van der Waals surface area contributed by atoms with Crippen molar-refractivity contribution < 1.29 is 0 Å². The van der Waals surface area contributed by atoms with Crippen molar-refractivity contribution >= 4 is 23.2 Å². The maximum Gasteiger partial charge on any atom is 0.193 e. The van der Waals surface area contributed by atoms with Crippen LogP contribution in [0.5, 0.6) is 0 Å². The van der Waals surface area contributed by atoms with E-state index in [4.69, 9.17) is 17.3 Å². The van der Waals surface area contributed by atoms with Gasteiger partial charge in [0.15, 0.2) is 5.96 Å². The fourth-order valence-electron chi connectivity index (χ4n) is 1.51. The summed E-state index contributed by atoms with van der Waals surface area (Å²) in [6.45, 7) is 0.464. The van der Waals surface area contributed by atoms with E-state index in [0.717, 1.165) is 11.3 Å². The van der Waals surface area contributed by atoms with Crippen LogP contribution in [0, 0.1) is 0 Å². The first kappa shape index (κ1) is 12.5. The molecule has 3 N–H and O–H groups in total. The van der Waals surface area contributed by atoms with E-state index in [1.54, 1.807) is 0 Å². The molecule has 2 aromatic carbocycles. The maximum atomic E-state index is 6.04. The summed E-state index contributed by atoms with van der Waals surface area (Å²) in [7, 11) is 0. The molecule has 4 heteroatoms. The van der Waals surface area contributed by atoms with E-state index in [1.807, 2.05) is 54.6 Å². The zero-order chi connectivity index (χ0) is 12.8. The number of anilines is 1. The summed E-state index contributed by atoms with van der Waals surface area (Å²) in [6, 6.07) is 17.3. The summed E-state index contributed by atoms with van der Waals surface area (Å²) < 4.78 is 0. The SMILES string of the molecule is NC(=NCc1ccccc1Cl)Nc1ccccc1. The van der Waals surface area contributed by atoms with Crippen molar-refractivity contribution in [3.05, 3.63) is 65.2 Å². The van der Waals surface area contributed by atoms with E-state index in [1.165, 1.54) is 0 Å². The second kappa shape index (κ2) is 6.07. The highest BCUT2D eigenvalue weighted by Gasteiger charge is 1.98. The summed E-state index contributed by atoms with van der Waals surface area (Å²) in [4.78, 5) is 4.25. The highest BCUT2D eigenvalue weighted by Crippen LogP contribution is 2.15. The molecule has 0 bridgehead atoms. The molecule has 3 nitrogen and oxygen atoms in total. The van der Waals surface area contributed by atoms with Gasteiger partial charge in [0.25, 0.3) is 0 Å². The van der Waals surface area contributed by atoms with Crippen LogP contribution in [-0.4, -0.2) is 5.96 Å². The lowest BCUT2D eigenvalue weighted by atomic mass is 10.2. The summed E-state index contributed by atoms with van der Waals surface area (Å²) in [5.41, 5.74) is 7.67. The number of aliphatic imine (C=N–C) groups is 1. The molecule has 0 amide bonds. The van der Waals surface area contributed by atoms with Crippen LogP contribution in [-0.2, 0) is 6.54 Å². The minimum atomic E-state index is 0.376. The van der Waals surface area contributed by atoms with Crippen LogP contribution in [0.1, 0.15) is 5.56 Å². The van der Waals surface area contributed by atoms with Crippen LogP contribution in [0.3, 0.4) is 0 Å². The van der Waals surface area contributed by atoms with Gasteiger partial charge in [-0.2, -0.15) is 0 Å². The summed E-state index contributed by atoms with van der Waals surface area (Å²) in [5, 5.41) is 3.72. The highest BCUT2D eigenvalue weighted by atomic mass is 35.5. The molecule has 2 rings (SSSR count). The first-order valence-electron chi connectivity index (χ1n) is 5.61. The zero-order valence-electron chi connectivity index (χ0n) is 9.81. The molecule has 0 aromatic heterocycles. The van der Waals surface area contributed by atoms with Gasteiger partial charge in [0, 0.05) is 10.7 Å². The van der Waals surface area contributed by atoms with Gasteiger partial charge < -0.3 is 11.1 Å². The predicted octanol–water partition coefficient (Wildman–Crippen LogP) is 3.27. The van der Waals surface area contributed by atoms with Gasteiger partial charge in [-0.05, 0) is 23.8 Å². The third-order valence-electron chi connectivity index (χ3n) is 2.42. The molecule has 0 aliphatic carbocycles. The molecule has 0 spiro atoms. The van der Waals surface area contributed by atoms with Gasteiger partial charge in [-0.3, -0.25) is 0 Å². The summed E-state index contributed by atoms with van der Waals surface area (Å²) >= 11 is 6.04. The van der Waals surface area contributed by atoms with Crippen LogP contribution >= 0.6 is 11.6 Å². The average Bonchev–Trinajstić information content (AvgIpc) is 2.39. The Morgan fingerprint density at radius 1 is 1.06 bits per heavy atom. The third kappa shape index (κ3) is 3.50. The first-order valence-corrected chi connectivity index (χ1v) is 5.99. The maximum absolute atomic E-state index is 6.04. The van der Waals surface area contributed by atoms with Gasteiger partial charge in [0.1, 0.15) is 0 Å². The minimum absolute atomic E-state index is 0.376. The Labute approximate surface area is 111 Å². The number of nitrogens with two attached hydrogens (primary N) is 1. The quantitative estimate of drug-likeness (QED) is 0.657. The Bertz CT molecular complexity index is 538. The second-order valence-electron chi connectivity index (χ2n) is 3.78. The zero-order valence-corrected chi connectivity index (χ0v) is 10.6. The third-order valence-corrected chi connectivity index (χ3v) is 2.79. The normalized spacial score (nSPS) is 11.3. The van der Waals surface area contributed by atoms with Crippen molar-refractivity contribution in [1.82, 2.24) is 0 Å². The van der Waals surface area contributed by atoms with Crippen molar-refractivity contribution in [1.29, 1.82) is 0 Å². The summed E-state index contributed by atoms with van der Waals surface area (Å²) in [6.07, 6.45) is 0. The van der Waals surface area contributed by atoms with Gasteiger partial charge in [-0.1, -0.05) is 48.0 Å². The molecule has 0 atom stereocenters. The number of halogens is 1. The molecule has 0 heterocycles. The Kier molecular flexibility index (Phi) is 4.20. The van der Waals surface area contributed by atoms with E-state index in [-0.39, 0.29) is 0 Å². The number of hydrogen-bond donors (Lipinski definition) is 2. The standard InChI is InChI=1S/C14H14ClN3/c15-13-9-5-4-6-11(13)10-17-14(16)18-12-7-2-1-3-8-12/h1-9H,10H2,(H3,16,17,18). The highest BCUT2D eigenvalue weighted by molar-refractivity contribution is 6.31.